The molecule has 102 valence electrons. The maximum absolute atomic E-state index is 13.0. The van der Waals surface area contributed by atoms with Gasteiger partial charge in [0.25, 0.3) is 0 Å². The summed E-state index contributed by atoms with van der Waals surface area (Å²) >= 11 is 5.63. The highest BCUT2D eigenvalue weighted by Crippen LogP contribution is 2.17. The van der Waals surface area contributed by atoms with E-state index in [1.54, 1.807) is 6.07 Å². The first kappa shape index (κ1) is 14.2. The number of rotatable bonds is 3. The van der Waals surface area contributed by atoms with Crippen LogP contribution in [0.25, 0.3) is 6.08 Å². The third-order valence-corrected chi connectivity index (χ3v) is 2.75. The van der Waals surface area contributed by atoms with Crippen molar-refractivity contribution in [1.82, 2.24) is 0 Å². The van der Waals surface area contributed by atoms with E-state index < -0.39 is 17.5 Å². The summed E-state index contributed by atoms with van der Waals surface area (Å²) in [5, 5.41) is 2.49. The van der Waals surface area contributed by atoms with Gasteiger partial charge >= 0.3 is 0 Å². The van der Waals surface area contributed by atoms with Gasteiger partial charge in [-0.05, 0) is 42.0 Å². The molecule has 0 aromatic heterocycles. The molecule has 0 radical (unpaired) electrons. The highest BCUT2D eigenvalue weighted by atomic mass is 35.5. The third-order valence-electron chi connectivity index (χ3n) is 2.46. The Hall–Kier alpha value is -2.20. The van der Waals surface area contributed by atoms with E-state index in [9.17, 15) is 13.6 Å². The van der Waals surface area contributed by atoms with Gasteiger partial charge in [0, 0.05) is 11.8 Å². The highest BCUT2D eigenvalue weighted by Gasteiger charge is 2.01. The standard InChI is InChI=1S/C15H10ClF2NO/c16-13-8-10(4-6-14(13)18)5-7-15(20)19-12-3-1-2-11(17)9-12/h1-9H,(H,19,20)/b7-5+. The molecule has 0 bridgehead atoms. The van der Waals surface area contributed by atoms with E-state index in [0.717, 1.165) is 0 Å². The van der Waals surface area contributed by atoms with E-state index in [1.807, 2.05) is 0 Å². The van der Waals surface area contributed by atoms with Gasteiger partial charge in [-0.25, -0.2) is 8.78 Å². The molecule has 1 N–H and O–H groups in total. The second-order valence-corrected chi connectivity index (χ2v) is 4.41. The smallest absolute Gasteiger partial charge is 0.248 e. The average molecular weight is 294 g/mol. The van der Waals surface area contributed by atoms with Gasteiger partial charge in [0.2, 0.25) is 5.91 Å². The van der Waals surface area contributed by atoms with Crippen LogP contribution in [0.1, 0.15) is 5.56 Å². The molecule has 20 heavy (non-hydrogen) atoms. The first-order chi connectivity index (χ1) is 9.54. The van der Waals surface area contributed by atoms with Crippen molar-refractivity contribution in [2.45, 2.75) is 0 Å². The number of halogens is 3. The molecule has 0 spiro atoms. The zero-order valence-corrected chi connectivity index (χ0v) is 11.0. The summed E-state index contributed by atoms with van der Waals surface area (Å²) in [5.74, 6) is -1.37. The van der Waals surface area contributed by atoms with Crippen LogP contribution in [0.15, 0.2) is 48.5 Å². The number of benzene rings is 2. The fourth-order valence-corrected chi connectivity index (χ4v) is 1.73. The highest BCUT2D eigenvalue weighted by molar-refractivity contribution is 6.30. The van der Waals surface area contributed by atoms with E-state index in [4.69, 9.17) is 11.6 Å². The van der Waals surface area contributed by atoms with Crippen molar-refractivity contribution in [3.05, 3.63) is 70.8 Å². The van der Waals surface area contributed by atoms with Gasteiger partial charge in [-0.15, -0.1) is 0 Å². The molecule has 2 aromatic carbocycles. The molecular weight excluding hydrogens is 284 g/mol. The van der Waals surface area contributed by atoms with Gasteiger partial charge in [0.1, 0.15) is 11.6 Å². The molecule has 2 rings (SSSR count). The number of anilines is 1. The van der Waals surface area contributed by atoms with Crippen LogP contribution in [-0.2, 0) is 4.79 Å². The lowest BCUT2D eigenvalue weighted by molar-refractivity contribution is -0.111. The molecule has 0 saturated carbocycles. The monoisotopic (exact) mass is 293 g/mol. The van der Waals surface area contributed by atoms with Crippen molar-refractivity contribution in [3.8, 4) is 0 Å². The molecule has 1 amide bonds. The summed E-state index contributed by atoms with van der Waals surface area (Å²) in [6.45, 7) is 0. The number of nitrogens with one attached hydrogen (secondary N) is 1. The van der Waals surface area contributed by atoms with Crippen LogP contribution in [0.4, 0.5) is 14.5 Å². The number of hydrogen-bond donors (Lipinski definition) is 1. The Balaban J connectivity index is 2.03. The van der Waals surface area contributed by atoms with Crippen molar-refractivity contribution in [2.75, 3.05) is 5.32 Å². The van der Waals surface area contributed by atoms with E-state index in [-0.39, 0.29) is 5.02 Å². The Kier molecular flexibility index (Phi) is 4.48. The third kappa shape index (κ3) is 3.90. The lowest BCUT2D eigenvalue weighted by atomic mass is 10.2. The molecule has 0 heterocycles. The van der Waals surface area contributed by atoms with Crippen LogP contribution in [-0.4, -0.2) is 5.91 Å². The van der Waals surface area contributed by atoms with Crippen LogP contribution >= 0.6 is 11.6 Å². The summed E-state index contributed by atoms with van der Waals surface area (Å²) in [6, 6.07) is 9.67. The Labute approximate surface area is 119 Å². The number of amides is 1. The molecule has 5 heteroatoms. The van der Waals surface area contributed by atoms with Crippen LogP contribution in [0, 0.1) is 11.6 Å². The molecule has 2 nitrogen and oxygen atoms in total. The molecule has 0 unspecified atom stereocenters. The molecule has 0 aliphatic carbocycles. The molecule has 0 fully saturated rings. The second kappa shape index (κ2) is 6.30. The number of hydrogen-bond acceptors (Lipinski definition) is 1. The summed E-state index contributed by atoms with van der Waals surface area (Å²) in [5.41, 5.74) is 0.947. The summed E-state index contributed by atoms with van der Waals surface area (Å²) < 4.78 is 25.9. The van der Waals surface area contributed by atoms with E-state index in [0.29, 0.717) is 11.3 Å². The van der Waals surface area contributed by atoms with Crippen LogP contribution < -0.4 is 5.32 Å². The molecule has 0 aliphatic heterocycles. The summed E-state index contributed by atoms with van der Waals surface area (Å²) in [6.07, 6.45) is 2.74. The first-order valence-corrected chi connectivity index (χ1v) is 6.12. The Morgan fingerprint density at radius 2 is 1.95 bits per heavy atom. The van der Waals surface area contributed by atoms with Crippen LogP contribution in [0.2, 0.25) is 5.02 Å². The summed E-state index contributed by atoms with van der Waals surface area (Å²) in [7, 11) is 0. The van der Waals surface area contributed by atoms with Gasteiger partial charge in [-0.3, -0.25) is 4.79 Å². The molecular formula is C15H10ClF2NO. The van der Waals surface area contributed by atoms with Crippen LogP contribution in [0.3, 0.4) is 0 Å². The van der Waals surface area contributed by atoms with Gasteiger partial charge in [-0.1, -0.05) is 23.7 Å². The van der Waals surface area contributed by atoms with Gasteiger partial charge in [0.15, 0.2) is 0 Å². The van der Waals surface area contributed by atoms with Crippen molar-refractivity contribution < 1.29 is 13.6 Å². The van der Waals surface area contributed by atoms with E-state index in [1.165, 1.54) is 48.6 Å². The SMILES string of the molecule is O=C(/C=C/c1ccc(F)c(Cl)c1)Nc1cccc(F)c1. The van der Waals surface area contributed by atoms with Gasteiger partial charge in [0.05, 0.1) is 5.02 Å². The molecule has 0 aliphatic rings. The predicted molar refractivity (Wildman–Crippen MR) is 75.5 cm³/mol. The minimum atomic E-state index is -0.520. The lowest BCUT2D eigenvalue weighted by Crippen LogP contribution is -2.07. The fourth-order valence-electron chi connectivity index (χ4n) is 1.54. The quantitative estimate of drug-likeness (QED) is 0.841. The maximum atomic E-state index is 13.0. The maximum Gasteiger partial charge on any atom is 0.248 e. The van der Waals surface area contributed by atoms with Crippen molar-refractivity contribution >= 4 is 29.3 Å². The fraction of sp³-hybridized carbons (Fsp3) is 0. The topological polar surface area (TPSA) is 29.1 Å². The predicted octanol–water partition coefficient (Wildman–Crippen LogP) is 4.27. The van der Waals surface area contributed by atoms with E-state index >= 15 is 0 Å². The minimum Gasteiger partial charge on any atom is -0.322 e. The van der Waals surface area contributed by atoms with Gasteiger partial charge < -0.3 is 5.32 Å². The Bertz CT molecular complexity index is 671. The Morgan fingerprint density at radius 3 is 2.65 bits per heavy atom. The van der Waals surface area contributed by atoms with Crippen molar-refractivity contribution in [3.63, 3.8) is 0 Å². The first-order valence-electron chi connectivity index (χ1n) is 5.74. The second-order valence-electron chi connectivity index (χ2n) is 4.01. The zero-order chi connectivity index (χ0) is 14.5. The molecule has 0 saturated heterocycles. The minimum absolute atomic E-state index is 0.0160. The average Bonchev–Trinajstić information content (AvgIpc) is 2.40. The molecule has 0 atom stereocenters. The zero-order valence-electron chi connectivity index (χ0n) is 10.2. The van der Waals surface area contributed by atoms with Crippen LogP contribution in [0.5, 0.6) is 0 Å². The normalized spacial score (nSPS) is 10.8. The van der Waals surface area contributed by atoms with Crippen molar-refractivity contribution in [1.29, 1.82) is 0 Å². The Morgan fingerprint density at radius 1 is 1.15 bits per heavy atom. The summed E-state index contributed by atoms with van der Waals surface area (Å²) in [4.78, 5) is 11.6. The number of carbonyl (C=O) groups is 1. The largest absolute Gasteiger partial charge is 0.322 e. The molecule has 2 aromatic rings. The lowest BCUT2D eigenvalue weighted by Gasteiger charge is -2.01. The van der Waals surface area contributed by atoms with Gasteiger partial charge in [-0.2, -0.15) is 0 Å². The van der Waals surface area contributed by atoms with E-state index in [2.05, 4.69) is 5.32 Å². The van der Waals surface area contributed by atoms with Crippen molar-refractivity contribution in [2.24, 2.45) is 0 Å². The number of carbonyl (C=O) groups excluding carboxylic acids is 1.